The fourth-order valence-corrected chi connectivity index (χ4v) is 6.38. The lowest BCUT2D eigenvalue weighted by Gasteiger charge is -2.37. The summed E-state index contributed by atoms with van der Waals surface area (Å²) in [6.07, 6.45) is 2.58. The van der Waals surface area contributed by atoms with E-state index in [4.69, 9.17) is 5.73 Å². The number of benzene rings is 4. The number of aryl methyl sites for hydroxylation is 3. The normalized spacial score (nSPS) is 15.2. The summed E-state index contributed by atoms with van der Waals surface area (Å²) < 4.78 is 0. The Morgan fingerprint density at radius 1 is 0.857 bits per heavy atom. The molecular weight excluding hydrogens is 518 g/mol. The van der Waals surface area contributed by atoms with Gasteiger partial charge in [-0.1, -0.05) is 90.5 Å². The van der Waals surface area contributed by atoms with Gasteiger partial charge in [0.15, 0.2) is 0 Å². The molecule has 0 saturated carbocycles. The van der Waals surface area contributed by atoms with Crippen molar-refractivity contribution in [3.05, 3.63) is 135 Å². The third-order valence-electron chi connectivity index (χ3n) is 8.35. The van der Waals surface area contributed by atoms with Crippen LogP contribution in [0.2, 0.25) is 0 Å². The molecule has 5 nitrogen and oxygen atoms in total. The van der Waals surface area contributed by atoms with Crippen LogP contribution < -0.4 is 16.0 Å². The quantitative estimate of drug-likeness (QED) is 0.267. The van der Waals surface area contributed by atoms with E-state index in [-0.39, 0.29) is 17.9 Å². The molecule has 4 aromatic rings. The molecule has 5 rings (SSSR count). The molecule has 0 aliphatic carbocycles. The zero-order valence-electron chi connectivity index (χ0n) is 25.1. The number of nitrogens with zero attached hydrogens (tertiary/aromatic N) is 1. The number of carbonyl (C=O) groups excluding carboxylic acids is 2. The number of hydrogen-bond donors (Lipinski definition) is 2. The van der Waals surface area contributed by atoms with Gasteiger partial charge in [0.05, 0.1) is 17.8 Å². The molecule has 2 amide bonds. The molecule has 0 unspecified atom stereocenters. The molecular formula is C37H41N3O2. The highest BCUT2D eigenvalue weighted by atomic mass is 16.2. The SMILES string of the molecule is CC(=O)N1CC[C@@H](NC(=O)[C@@H](N)Cc2c(C)cc(C)cc2C)c2cc(Cc3ccccc3)cc(Cc3ccccc3)c21. The molecule has 216 valence electrons. The summed E-state index contributed by atoms with van der Waals surface area (Å²) in [7, 11) is 0. The lowest BCUT2D eigenvalue weighted by molar-refractivity contribution is -0.123. The van der Waals surface area contributed by atoms with Crippen LogP contribution in [0.5, 0.6) is 0 Å². The standard InChI is InChI=1S/C37H41N3O2/c1-24-17-25(2)32(26(3)18-24)23-34(38)37(42)39-35-15-16-40(27(4)41)36-31(20-29-13-9-6-10-14-29)21-30(22-33(35)36)19-28-11-7-5-8-12-28/h5-14,17-18,21-22,34-35H,15-16,19-20,23,38H2,1-4H3,(H,39,42)/t34-,35+/m0/s1. The third kappa shape index (κ3) is 6.63. The highest BCUT2D eigenvalue weighted by Gasteiger charge is 2.32. The van der Waals surface area contributed by atoms with Crippen molar-refractivity contribution < 1.29 is 9.59 Å². The van der Waals surface area contributed by atoms with Gasteiger partial charge in [-0.25, -0.2) is 0 Å². The van der Waals surface area contributed by atoms with Crippen molar-refractivity contribution in [1.29, 1.82) is 0 Å². The maximum Gasteiger partial charge on any atom is 0.237 e. The van der Waals surface area contributed by atoms with Crippen molar-refractivity contribution >= 4 is 17.5 Å². The average molecular weight is 560 g/mol. The van der Waals surface area contributed by atoms with E-state index in [1.807, 2.05) is 29.2 Å². The first-order chi connectivity index (χ1) is 20.2. The van der Waals surface area contributed by atoms with Gasteiger partial charge < -0.3 is 16.0 Å². The monoisotopic (exact) mass is 559 g/mol. The Hall–Kier alpha value is -4.22. The van der Waals surface area contributed by atoms with Gasteiger partial charge in [-0.05, 0) is 91.0 Å². The number of nitrogens with one attached hydrogen (secondary N) is 1. The summed E-state index contributed by atoms with van der Waals surface area (Å²) in [6.45, 7) is 8.40. The maximum atomic E-state index is 13.6. The number of amides is 2. The first-order valence-corrected chi connectivity index (χ1v) is 14.8. The van der Waals surface area contributed by atoms with E-state index in [0.717, 1.165) is 45.5 Å². The van der Waals surface area contributed by atoms with E-state index in [0.29, 0.717) is 25.8 Å². The highest BCUT2D eigenvalue weighted by Crippen LogP contribution is 2.39. The lowest BCUT2D eigenvalue weighted by Crippen LogP contribution is -2.46. The van der Waals surface area contributed by atoms with Crippen LogP contribution in [0.25, 0.3) is 0 Å². The van der Waals surface area contributed by atoms with Crippen molar-refractivity contribution in [2.45, 2.75) is 65.5 Å². The molecule has 42 heavy (non-hydrogen) atoms. The number of fused-ring (bicyclic) bond motifs is 1. The number of nitrogens with two attached hydrogens (primary N) is 1. The van der Waals surface area contributed by atoms with Crippen LogP contribution in [0.15, 0.2) is 84.9 Å². The largest absolute Gasteiger partial charge is 0.348 e. The summed E-state index contributed by atoms with van der Waals surface area (Å²) in [5.74, 6) is -0.159. The van der Waals surface area contributed by atoms with Gasteiger partial charge in [0.2, 0.25) is 11.8 Å². The summed E-state index contributed by atoms with van der Waals surface area (Å²) in [6, 6.07) is 28.5. The molecule has 0 spiro atoms. The Balaban J connectivity index is 1.50. The van der Waals surface area contributed by atoms with Crippen LogP contribution in [-0.2, 0) is 28.9 Å². The van der Waals surface area contributed by atoms with Crippen LogP contribution in [-0.4, -0.2) is 24.4 Å². The lowest BCUT2D eigenvalue weighted by atomic mass is 9.87. The minimum Gasteiger partial charge on any atom is -0.348 e. The highest BCUT2D eigenvalue weighted by molar-refractivity contribution is 5.94. The van der Waals surface area contributed by atoms with Crippen LogP contribution in [0.3, 0.4) is 0 Å². The van der Waals surface area contributed by atoms with Crippen LogP contribution in [0.1, 0.15) is 69.5 Å². The number of carbonyl (C=O) groups is 2. The van der Waals surface area contributed by atoms with Crippen LogP contribution >= 0.6 is 0 Å². The Bertz CT molecular complexity index is 1560. The molecule has 1 aliphatic heterocycles. The first-order valence-electron chi connectivity index (χ1n) is 14.8. The Morgan fingerprint density at radius 3 is 2.05 bits per heavy atom. The number of anilines is 1. The van der Waals surface area contributed by atoms with Crippen molar-refractivity contribution in [2.24, 2.45) is 5.73 Å². The van der Waals surface area contributed by atoms with Gasteiger partial charge in [-0.15, -0.1) is 0 Å². The molecule has 0 aromatic heterocycles. The third-order valence-corrected chi connectivity index (χ3v) is 8.35. The maximum absolute atomic E-state index is 13.6. The molecule has 0 radical (unpaired) electrons. The number of hydrogen-bond acceptors (Lipinski definition) is 3. The second-order valence-corrected chi connectivity index (χ2v) is 11.7. The molecule has 0 fully saturated rings. The predicted molar refractivity (Wildman–Crippen MR) is 171 cm³/mol. The molecule has 5 heteroatoms. The molecule has 2 atom stereocenters. The van der Waals surface area contributed by atoms with E-state index in [9.17, 15) is 9.59 Å². The summed E-state index contributed by atoms with van der Waals surface area (Å²) in [5, 5.41) is 3.29. The molecule has 0 bridgehead atoms. The minimum absolute atomic E-state index is 0.00757. The van der Waals surface area contributed by atoms with Gasteiger partial charge >= 0.3 is 0 Å². The molecule has 4 aromatic carbocycles. The Morgan fingerprint density at radius 2 is 1.45 bits per heavy atom. The Kier molecular flexibility index (Phi) is 8.89. The van der Waals surface area contributed by atoms with Gasteiger partial charge in [0, 0.05) is 13.5 Å². The smallest absolute Gasteiger partial charge is 0.237 e. The molecule has 0 saturated heterocycles. The zero-order valence-corrected chi connectivity index (χ0v) is 25.1. The molecule has 3 N–H and O–H groups in total. The minimum atomic E-state index is -0.671. The van der Waals surface area contributed by atoms with Crippen molar-refractivity contribution in [3.63, 3.8) is 0 Å². The van der Waals surface area contributed by atoms with Crippen LogP contribution in [0.4, 0.5) is 5.69 Å². The van der Waals surface area contributed by atoms with Gasteiger partial charge in [0.25, 0.3) is 0 Å². The molecule has 1 heterocycles. The van der Waals surface area contributed by atoms with Gasteiger partial charge in [0.1, 0.15) is 0 Å². The summed E-state index contributed by atoms with van der Waals surface area (Å²) >= 11 is 0. The van der Waals surface area contributed by atoms with E-state index in [2.05, 4.69) is 86.8 Å². The number of rotatable bonds is 8. The topological polar surface area (TPSA) is 75.4 Å². The van der Waals surface area contributed by atoms with E-state index < -0.39 is 6.04 Å². The van der Waals surface area contributed by atoms with Gasteiger partial charge in [-0.3, -0.25) is 9.59 Å². The van der Waals surface area contributed by atoms with Crippen molar-refractivity contribution in [2.75, 3.05) is 11.4 Å². The van der Waals surface area contributed by atoms with Crippen molar-refractivity contribution in [3.8, 4) is 0 Å². The fraction of sp³-hybridized carbons (Fsp3) is 0.297. The second kappa shape index (κ2) is 12.7. The first kappa shape index (κ1) is 29.3. The summed E-state index contributed by atoms with van der Waals surface area (Å²) in [5.41, 5.74) is 17.7. The second-order valence-electron chi connectivity index (χ2n) is 11.7. The van der Waals surface area contributed by atoms with E-state index in [1.54, 1.807) is 6.92 Å². The van der Waals surface area contributed by atoms with Crippen LogP contribution in [0, 0.1) is 20.8 Å². The van der Waals surface area contributed by atoms with Gasteiger partial charge in [-0.2, -0.15) is 0 Å². The predicted octanol–water partition coefficient (Wildman–Crippen LogP) is 6.28. The zero-order chi connectivity index (χ0) is 29.8. The average Bonchev–Trinajstić information content (AvgIpc) is 2.96. The Labute approximate surface area is 249 Å². The molecule has 1 aliphatic rings. The van der Waals surface area contributed by atoms with E-state index >= 15 is 0 Å². The van der Waals surface area contributed by atoms with Crippen molar-refractivity contribution in [1.82, 2.24) is 5.32 Å². The fourth-order valence-electron chi connectivity index (χ4n) is 6.38. The summed E-state index contributed by atoms with van der Waals surface area (Å²) in [4.78, 5) is 28.3. The van der Waals surface area contributed by atoms with E-state index in [1.165, 1.54) is 16.7 Å².